The third-order valence-electron chi connectivity index (χ3n) is 1.09. The highest BCUT2D eigenvalue weighted by molar-refractivity contribution is 5.88. The van der Waals surface area contributed by atoms with Crippen molar-refractivity contribution in [2.75, 3.05) is 0 Å². The van der Waals surface area contributed by atoms with E-state index in [2.05, 4.69) is 4.89 Å². The van der Waals surface area contributed by atoms with E-state index in [9.17, 15) is 4.79 Å². The second kappa shape index (κ2) is 10.8. The highest BCUT2D eigenvalue weighted by Crippen LogP contribution is 1.98. The van der Waals surface area contributed by atoms with Gasteiger partial charge in [-0.3, -0.25) is 15.4 Å². The maximum atomic E-state index is 10.5. The van der Waals surface area contributed by atoms with Gasteiger partial charge in [0.1, 0.15) is 0 Å². The van der Waals surface area contributed by atoms with Crippen molar-refractivity contribution in [2.24, 2.45) is 0 Å². The Morgan fingerprint density at radius 1 is 1.25 bits per heavy atom. The number of hydrogen-bond acceptors (Lipinski definition) is 7. The molecule has 0 aliphatic rings. The Balaban J connectivity index is 0. The predicted octanol–water partition coefficient (Wildman–Crippen LogP) is 0.986. The highest BCUT2D eigenvalue weighted by Gasteiger charge is 2.02. The van der Waals surface area contributed by atoms with Gasteiger partial charge in [0, 0.05) is 0 Å². The van der Waals surface area contributed by atoms with Crippen LogP contribution in [-0.4, -0.2) is 32.0 Å². The minimum atomic E-state index is -1.50. The lowest BCUT2D eigenvalue weighted by molar-refractivity contribution is -0.742. The summed E-state index contributed by atoms with van der Waals surface area (Å²) in [6.07, 6.45) is 0. The molecule has 1 rings (SSSR count). The number of carbonyl (C=O) groups is 1. The topological polar surface area (TPSA) is 150 Å². The van der Waals surface area contributed by atoms with Gasteiger partial charge in [0.05, 0.1) is 5.56 Å². The standard InChI is InChI=1S/C7H6O3.HNO3.H2O2/c8-7(10-9)6-4-2-1-3-5-6;2-1(3)4;1-2/h1-5,9H;(H,2,3,4);1-2H. The van der Waals surface area contributed by atoms with Gasteiger partial charge in [0.25, 0.3) is 5.09 Å². The van der Waals surface area contributed by atoms with Crippen LogP contribution in [0, 0.1) is 10.1 Å². The first-order valence-electron chi connectivity index (χ1n) is 3.52. The summed E-state index contributed by atoms with van der Waals surface area (Å²) in [5.41, 5.74) is 0.338. The van der Waals surface area contributed by atoms with Gasteiger partial charge < -0.3 is 5.21 Å². The fraction of sp³-hybridized carbons (Fsp3) is 0. The van der Waals surface area contributed by atoms with Gasteiger partial charge in [-0.05, 0) is 12.1 Å². The highest BCUT2D eigenvalue weighted by atomic mass is 17.1. The normalized spacial score (nSPS) is 7.44. The van der Waals surface area contributed by atoms with Crippen molar-refractivity contribution in [1.82, 2.24) is 0 Å². The molecular formula is C7H9NO8. The van der Waals surface area contributed by atoms with E-state index in [4.69, 9.17) is 31.1 Å². The van der Waals surface area contributed by atoms with Crippen LogP contribution in [0.4, 0.5) is 0 Å². The van der Waals surface area contributed by atoms with E-state index < -0.39 is 11.1 Å². The second-order valence-electron chi connectivity index (χ2n) is 1.98. The predicted molar refractivity (Wildman–Crippen MR) is 48.5 cm³/mol. The van der Waals surface area contributed by atoms with E-state index in [1.807, 2.05) is 0 Å². The number of rotatable bonds is 1. The summed E-state index contributed by atoms with van der Waals surface area (Å²) in [6.45, 7) is 0. The molecule has 0 heterocycles. The Labute approximate surface area is 88.7 Å². The minimum Gasteiger partial charge on any atom is -0.328 e. The maximum absolute atomic E-state index is 10.5. The first kappa shape index (κ1) is 16.2. The van der Waals surface area contributed by atoms with E-state index in [-0.39, 0.29) is 0 Å². The van der Waals surface area contributed by atoms with Crippen LogP contribution in [-0.2, 0) is 4.89 Å². The summed E-state index contributed by atoms with van der Waals surface area (Å²) in [5.74, 6) is -0.736. The van der Waals surface area contributed by atoms with Crippen LogP contribution in [0.25, 0.3) is 0 Å². The zero-order chi connectivity index (χ0) is 13.0. The SMILES string of the molecule is O=C(OO)c1ccccc1.O=[N+]([O-])O.OO. The molecule has 0 atom stereocenters. The number of hydrogen-bond donors (Lipinski definition) is 4. The summed E-state index contributed by atoms with van der Waals surface area (Å²) in [6, 6.07) is 8.25. The monoisotopic (exact) mass is 235 g/mol. The van der Waals surface area contributed by atoms with Gasteiger partial charge in [0.2, 0.25) is 0 Å². The third kappa shape index (κ3) is 9.85. The molecule has 0 bridgehead atoms. The lowest BCUT2D eigenvalue weighted by Gasteiger charge is -1.92. The van der Waals surface area contributed by atoms with Crippen molar-refractivity contribution in [2.45, 2.75) is 0 Å². The molecule has 9 nitrogen and oxygen atoms in total. The zero-order valence-electron chi connectivity index (χ0n) is 7.76. The summed E-state index contributed by atoms with van der Waals surface area (Å²) >= 11 is 0. The van der Waals surface area contributed by atoms with Crippen LogP contribution >= 0.6 is 0 Å². The zero-order valence-corrected chi connectivity index (χ0v) is 7.76. The molecule has 1 aromatic rings. The smallest absolute Gasteiger partial charge is 0.328 e. The Kier molecular flexibility index (Phi) is 11.0. The molecule has 0 unspecified atom stereocenters. The first-order valence-corrected chi connectivity index (χ1v) is 3.52. The molecule has 0 saturated carbocycles. The molecule has 0 aromatic heterocycles. The molecule has 0 amide bonds. The molecule has 0 radical (unpaired) electrons. The van der Waals surface area contributed by atoms with Gasteiger partial charge in [-0.15, -0.1) is 10.1 Å². The lowest BCUT2D eigenvalue weighted by Crippen LogP contribution is -2.00. The largest absolute Gasteiger partial charge is 0.372 e. The Morgan fingerprint density at radius 3 is 1.94 bits per heavy atom. The van der Waals surface area contributed by atoms with Crippen molar-refractivity contribution < 1.29 is 35.7 Å². The van der Waals surface area contributed by atoms with Crippen molar-refractivity contribution in [3.63, 3.8) is 0 Å². The van der Waals surface area contributed by atoms with Crippen LogP contribution < -0.4 is 0 Å². The van der Waals surface area contributed by atoms with Crippen LogP contribution in [0.3, 0.4) is 0 Å². The van der Waals surface area contributed by atoms with Crippen LogP contribution in [0.15, 0.2) is 30.3 Å². The molecule has 9 heteroatoms. The van der Waals surface area contributed by atoms with Gasteiger partial charge in [-0.2, -0.15) is 5.26 Å². The fourth-order valence-corrected chi connectivity index (χ4v) is 0.627. The average molecular weight is 235 g/mol. The maximum Gasteiger partial charge on any atom is 0.372 e. The lowest BCUT2D eigenvalue weighted by atomic mass is 10.2. The van der Waals surface area contributed by atoms with Crippen LogP contribution in [0.5, 0.6) is 0 Å². The average Bonchev–Trinajstić information content (AvgIpc) is 2.31. The quantitative estimate of drug-likeness (QED) is 0.319. The summed E-state index contributed by atoms with van der Waals surface area (Å²) in [7, 11) is 0. The van der Waals surface area contributed by atoms with E-state index in [1.54, 1.807) is 30.3 Å². The fourth-order valence-electron chi connectivity index (χ4n) is 0.627. The molecule has 0 aliphatic heterocycles. The number of benzene rings is 1. The first-order chi connectivity index (χ1) is 7.57. The molecule has 0 spiro atoms. The second-order valence-corrected chi connectivity index (χ2v) is 1.98. The molecule has 90 valence electrons. The van der Waals surface area contributed by atoms with E-state index >= 15 is 0 Å². The molecule has 4 N–H and O–H groups in total. The van der Waals surface area contributed by atoms with Crippen LogP contribution in [0.2, 0.25) is 0 Å². The van der Waals surface area contributed by atoms with Gasteiger partial charge in [-0.25, -0.2) is 4.79 Å². The molecular weight excluding hydrogens is 226 g/mol. The Morgan fingerprint density at radius 2 is 1.62 bits per heavy atom. The van der Waals surface area contributed by atoms with Gasteiger partial charge >= 0.3 is 5.97 Å². The van der Waals surface area contributed by atoms with Crippen molar-refractivity contribution in [1.29, 1.82) is 0 Å². The van der Waals surface area contributed by atoms with E-state index in [0.717, 1.165) is 0 Å². The van der Waals surface area contributed by atoms with Crippen LogP contribution in [0.1, 0.15) is 10.4 Å². The molecule has 0 aliphatic carbocycles. The Hall–Kier alpha value is -2.23. The summed E-state index contributed by atoms with van der Waals surface area (Å²) in [5, 5.41) is 33.6. The van der Waals surface area contributed by atoms with Crippen molar-refractivity contribution >= 4 is 5.97 Å². The minimum absolute atomic E-state index is 0.338. The summed E-state index contributed by atoms with van der Waals surface area (Å²) < 4.78 is 0. The molecule has 16 heavy (non-hydrogen) atoms. The van der Waals surface area contributed by atoms with Crippen molar-refractivity contribution in [3.8, 4) is 0 Å². The third-order valence-corrected chi connectivity index (χ3v) is 1.09. The van der Waals surface area contributed by atoms with Gasteiger partial charge in [0.15, 0.2) is 0 Å². The number of nitrogens with zero attached hydrogens (tertiary/aromatic N) is 1. The molecule has 0 fully saturated rings. The number of carbonyl (C=O) groups excluding carboxylic acids is 1. The molecule has 0 saturated heterocycles. The molecule has 1 aromatic carbocycles. The van der Waals surface area contributed by atoms with Gasteiger partial charge in [-0.1, -0.05) is 18.2 Å². The van der Waals surface area contributed by atoms with Crippen molar-refractivity contribution in [3.05, 3.63) is 46.0 Å². The summed E-state index contributed by atoms with van der Waals surface area (Å²) in [4.78, 5) is 22.4. The van der Waals surface area contributed by atoms with E-state index in [0.29, 0.717) is 5.56 Å². The Bertz CT molecular complexity index is 297. The van der Waals surface area contributed by atoms with E-state index in [1.165, 1.54) is 0 Å².